The van der Waals surface area contributed by atoms with Crippen LogP contribution in [0.2, 0.25) is 0 Å². The van der Waals surface area contributed by atoms with Crippen LogP contribution in [0, 0.1) is 22.7 Å². The van der Waals surface area contributed by atoms with Crippen molar-refractivity contribution in [3.63, 3.8) is 0 Å². The lowest BCUT2D eigenvalue weighted by molar-refractivity contribution is 0.631. The van der Waals surface area contributed by atoms with Crippen LogP contribution in [0.3, 0.4) is 0 Å². The minimum absolute atomic E-state index is 0.0409. The highest BCUT2D eigenvalue weighted by Gasteiger charge is 2.39. The van der Waals surface area contributed by atoms with Gasteiger partial charge >= 0.3 is 0 Å². The van der Waals surface area contributed by atoms with Crippen molar-refractivity contribution in [2.75, 3.05) is 9.80 Å². The second kappa shape index (κ2) is 12.0. The zero-order chi connectivity index (χ0) is 39.5. The van der Waals surface area contributed by atoms with Crippen molar-refractivity contribution in [3.8, 4) is 45.8 Å². The maximum absolute atomic E-state index is 9.84. The molecule has 7 aromatic carbocycles. The largest absolute Gasteiger partial charge is 0.310 e. The smallest absolute Gasteiger partial charge is 0.177 e. The van der Waals surface area contributed by atoms with Gasteiger partial charge in [0.25, 0.3) is 0 Å². The molecule has 0 saturated heterocycles. The number of aromatic nitrogens is 2. The Labute approximate surface area is 337 Å². The van der Waals surface area contributed by atoms with E-state index in [0.29, 0.717) is 11.4 Å². The molecule has 0 atom stereocenters. The third kappa shape index (κ3) is 4.52. The van der Waals surface area contributed by atoms with Crippen LogP contribution in [0.5, 0.6) is 0 Å². The Morgan fingerprint density at radius 2 is 0.845 bits per heavy atom. The summed E-state index contributed by atoms with van der Waals surface area (Å²) in [6.45, 7) is 9.28. The molecule has 8 aromatic rings. The van der Waals surface area contributed by atoms with E-state index in [-0.39, 0.29) is 22.2 Å². The van der Waals surface area contributed by atoms with Gasteiger partial charge in [0.1, 0.15) is 12.1 Å². The topological polar surface area (TPSA) is 79.8 Å². The Hall–Kier alpha value is -7.54. The average Bonchev–Trinajstić information content (AvgIpc) is 3.57. The molecule has 1 aromatic heterocycles. The molecule has 3 heterocycles. The van der Waals surface area contributed by atoms with Gasteiger partial charge in [0.15, 0.2) is 11.4 Å². The number of nitriles is 2. The fourth-order valence-corrected chi connectivity index (χ4v) is 9.92. The highest BCUT2D eigenvalue weighted by molar-refractivity contribution is 6.17. The lowest BCUT2D eigenvalue weighted by Crippen LogP contribution is -2.31. The second-order valence-corrected chi connectivity index (χ2v) is 16.5. The van der Waals surface area contributed by atoms with E-state index in [1.54, 1.807) is 0 Å². The van der Waals surface area contributed by atoms with Crippen LogP contribution in [-0.4, -0.2) is 9.97 Å². The summed E-state index contributed by atoms with van der Waals surface area (Å²) in [5.41, 5.74) is 16.7. The number of para-hydroxylation sites is 4. The van der Waals surface area contributed by atoms with Crippen molar-refractivity contribution in [1.82, 2.24) is 9.97 Å². The fourth-order valence-electron chi connectivity index (χ4n) is 9.92. The molecule has 0 saturated carbocycles. The van der Waals surface area contributed by atoms with Gasteiger partial charge in [-0.25, -0.2) is 9.97 Å². The van der Waals surface area contributed by atoms with Crippen LogP contribution in [-0.2, 0) is 10.8 Å². The Balaban J connectivity index is 1.21. The van der Waals surface area contributed by atoms with Gasteiger partial charge in [0.2, 0.25) is 0 Å². The summed E-state index contributed by atoms with van der Waals surface area (Å²) in [5, 5.41) is 21.8. The van der Waals surface area contributed by atoms with E-state index in [1.807, 2.05) is 6.07 Å². The standard InChI is InChI=1S/C52H36N6/c1-51(2)38-16-5-9-20-44(38)57(45-21-10-6-17-39(45)51)32-26-31(27-33(28-32)58-46-22-11-7-18-40(46)52(3,4)41-19-8-12-23-47(41)58)34-24-25-37-48-35(34)14-13-15-36(48)49-50(37)56-43(30-54)42(29-53)55-49/h5-28H,1-4H3. The van der Waals surface area contributed by atoms with Crippen LogP contribution < -0.4 is 9.80 Å². The highest BCUT2D eigenvalue weighted by atomic mass is 15.2. The van der Waals surface area contributed by atoms with Gasteiger partial charge in [0.05, 0.1) is 34.1 Å². The number of nitrogens with zero attached hydrogens (tertiary/aromatic N) is 6. The number of rotatable bonds is 3. The van der Waals surface area contributed by atoms with Crippen LogP contribution in [0.25, 0.3) is 44.4 Å². The third-order valence-electron chi connectivity index (χ3n) is 12.7. The molecule has 274 valence electrons. The van der Waals surface area contributed by atoms with E-state index in [1.165, 1.54) is 22.3 Å². The molecule has 11 rings (SSSR count). The number of hydrogen-bond acceptors (Lipinski definition) is 6. The van der Waals surface area contributed by atoms with Gasteiger partial charge in [-0.2, -0.15) is 10.5 Å². The van der Waals surface area contributed by atoms with Crippen LogP contribution in [0.4, 0.5) is 34.1 Å². The van der Waals surface area contributed by atoms with E-state index in [0.717, 1.165) is 67.2 Å². The Morgan fingerprint density at radius 3 is 1.28 bits per heavy atom. The molecule has 0 unspecified atom stereocenters. The van der Waals surface area contributed by atoms with Gasteiger partial charge in [0, 0.05) is 38.7 Å². The third-order valence-corrected chi connectivity index (χ3v) is 12.7. The lowest BCUT2D eigenvalue weighted by atomic mass is 9.73. The van der Waals surface area contributed by atoms with Crippen molar-refractivity contribution in [3.05, 3.63) is 179 Å². The first-order valence-corrected chi connectivity index (χ1v) is 19.6. The van der Waals surface area contributed by atoms with Crippen LogP contribution in [0.15, 0.2) is 146 Å². The van der Waals surface area contributed by atoms with Crippen molar-refractivity contribution < 1.29 is 0 Å². The Bertz CT molecular complexity index is 2910. The van der Waals surface area contributed by atoms with Gasteiger partial charge in [-0.3, -0.25) is 0 Å². The number of anilines is 6. The van der Waals surface area contributed by atoms with Crippen molar-refractivity contribution in [2.45, 2.75) is 38.5 Å². The van der Waals surface area contributed by atoms with Gasteiger partial charge in [-0.15, -0.1) is 0 Å². The molecule has 3 aliphatic rings. The maximum atomic E-state index is 9.84. The average molecular weight is 745 g/mol. The molecule has 6 heteroatoms. The Kier molecular flexibility index (Phi) is 6.98. The zero-order valence-corrected chi connectivity index (χ0v) is 32.5. The molecule has 0 bridgehead atoms. The van der Waals surface area contributed by atoms with E-state index in [4.69, 9.17) is 0 Å². The van der Waals surface area contributed by atoms with Crippen LogP contribution >= 0.6 is 0 Å². The molecule has 6 nitrogen and oxygen atoms in total. The van der Waals surface area contributed by atoms with E-state index in [2.05, 4.69) is 199 Å². The second-order valence-electron chi connectivity index (χ2n) is 16.5. The number of hydrogen-bond donors (Lipinski definition) is 0. The molecular weight excluding hydrogens is 709 g/mol. The lowest BCUT2D eigenvalue weighted by Gasteiger charge is -2.43. The summed E-state index contributed by atoms with van der Waals surface area (Å²) in [4.78, 5) is 14.2. The molecule has 0 N–H and O–H groups in total. The highest BCUT2D eigenvalue weighted by Crippen LogP contribution is 2.56. The van der Waals surface area contributed by atoms with Gasteiger partial charge in [-0.1, -0.05) is 131 Å². The minimum atomic E-state index is -0.202. The van der Waals surface area contributed by atoms with Gasteiger partial charge < -0.3 is 9.80 Å². The quantitative estimate of drug-likeness (QED) is 0.179. The number of fused-ring (bicyclic) bond motifs is 7. The van der Waals surface area contributed by atoms with Gasteiger partial charge in [-0.05, 0) is 81.2 Å². The van der Waals surface area contributed by atoms with E-state index >= 15 is 0 Å². The molecule has 0 radical (unpaired) electrons. The predicted molar refractivity (Wildman–Crippen MR) is 232 cm³/mol. The summed E-state index contributed by atoms with van der Waals surface area (Å²) >= 11 is 0. The SMILES string of the molecule is CC1(C)c2ccccc2N(c2cc(-c3ccc4c5c(cccc35)-c3nc(C#N)c(C#N)nc3-4)cc(N3c4ccccc4C(C)(C)c4ccccc43)c2)c2ccccc21. The molecule has 0 amide bonds. The summed E-state index contributed by atoms with van der Waals surface area (Å²) in [5.74, 6) is 0. The first-order chi connectivity index (χ1) is 28.2. The molecule has 1 aliphatic carbocycles. The number of benzene rings is 7. The molecule has 0 spiro atoms. The van der Waals surface area contributed by atoms with Crippen molar-refractivity contribution in [1.29, 1.82) is 10.5 Å². The van der Waals surface area contributed by atoms with Crippen molar-refractivity contribution in [2.24, 2.45) is 0 Å². The predicted octanol–water partition coefficient (Wildman–Crippen LogP) is 12.9. The monoisotopic (exact) mass is 744 g/mol. The normalized spacial score (nSPS) is 14.7. The molecular formula is C52H36N6. The first-order valence-electron chi connectivity index (χ1n) is 19.6. The fraction of sp³-hybridized carbons (Fsp3) is 0.115. The summed E-state index contributed by atoms with van der Waals surface area (Å²) < 4.78 is 0. The minimum Gasteiger partial charge on any atom is -0.310 e. The molecule has 58 heavy (non-hydrogen) atoms. The van der Waals surface area contributed by atoms with Crippen molar-refractivity contribution >= 4 is 44.9 Å². The maximum Gasteiger partial charge on any atom is 0.177 e. The summed E-state index contributed by atoms with van der Waals surface area (Å²) in [6, 6.07) is 56.8. The summed E-state index contributed by atoms with van der Waals surface area (Å²) in [7, 11) is 0. The van der Waals surface area contributed by atoms with E-state index < -0.39 is 0 Å². The molecule has 0 fully saturated rings. The van der Waals surface area contributed by atoms with E-state index in [9.17, 15) is 10.5 Å². The zero-order valence-electron chi connectivity index (χ0n) is 32.5. The molecule has 2 aliphatic heterocycles. The summed E-state index contributed by atoms with van der Waals surface area (Å²) in [6.07, 6.45) is 0. The first kappa shape index (κ1) is 33.8. The Morgan fingerprint density at radius 1 is 0.448 bits per heavy atom. The van der Waals surface area contributed by atoms with Crippen LogP contribution in [0.1, 0.15) is 61.3 Å².